The molecule has 0 bridgehead atoms. The van der Waals surface area contributed by atoms with E-state index in [1.807, 2.05) is 52.3 Å². The summed E-state index contributed by atoms with van der Waals surface area (Å²) in [5, 5.41) is 3.45. The highest BCUT2D eigenvalue weighted by Crippen LogP contribution is 2.34. The molecule has 2 aliphatic heterocycles. The van der Waals surface area contributed by atoms with Gasteiger partial charge in [-0.3, -0.25) is 9.59 Å². The van der Waals surface area contributed by atoms with Crippen LogP contribution < -0.4 is 5.32 Å². The normalized spacial score (nSPS) is 18.6. The third-order valence-corrected chi connectivity index (χ3v) is 7.04. The number of piperazine rings is 1. The molecule has 5 rings (SSSR count). The fourth-order valence-electron chi connectivity index (χ4n) is 5.17. The van der Waals surface area contributed by atoms with E-state index >= 15 is 0 Å². The molecular formula is C29H31N3O2. The first kappa shape index (κ1) is 22.4. The largest absolute Gasteiger partial charge is 0.337 e. The van der Waals surface area contributed by atoms with Crippen molar-refractivity contribution in [2.24, 2.45) is 0 Å². The Balaban J connectivity index is 1.40. The molecule has 34 heavy (non-hydrogen) atoms. The lowest BCUT2D eigenvalue weighted by Gasteiger charge is -2.38. The van der Waals surface area contributed by atoms with Crippen molar-refractivity contribution in [1.29, 1.82) is 0 Å². The average molecular weight is 454 g/mol. The van der Waals surface area contributed by atoms with E-state index in [0.717, 1.165) is 41.8 Å². The Morgan fingerprint density at radius 1 is 1.00 bits per heavy atom. The number of rotatable bonds is 6. The molecule has 1 fully saturated rings. The Labute approximate surface area is 201 Å². The molecule has 0 saturated carbocycles. The number of hydrogen-bond acceptors (Lipinski definition) is 3. The molecular weight excluding hydrogens is 422 g/mol. The van der Waals surface area contributed by atoms with E-state index in [1.54, 1.807) is 0 Å². The topological polar surface area (TPSA) is 52.7 Å². The second-order valence-corrected chi connectivity index (χ2v) is 9.36. The van der Waals surface area contributed by atoms with Crippen molar-refractivity contribution in [1.82, 2.24) is 15.1 Å². The van der Waals surface area contributed by atoms with Crippen LogP contribution in [0.5, 0.6) is 0 Å². The van der Waals surface area contributed by atoms with Gasteiger partial charge in [0.2, 0.25) is 5.91 Å². The molecule has 174 valence electrons. The van der Waals surface area contributed by atoms with Crippen LogP contribution in [0.25, 0.3) is 0 Å². The van der Waals surface area contributed by atoms with Gasteiger partial charge in [0.15, 0.2) is 0 Å². The van der Waals surface area contributed by atoms with Gasteiger partial charge in [-0.2, -0.15) is 0 Å². The molecule has 1 saturated heterocycles. The van der Waals surface area contributed by atoms with Crippen LogP contribution in [0, 0.1) is 6.92 Å². The van der Waals surface area contributed by atoms with E-state index in [1.165, 1.54) is 5.56 Å². The molecule has 3 aromatic carbocycles. The number of benzene rings is 3. The van der Waals surface area contributed by atoms with Gasteiger partial charge in [0.05, 0.1) is 12.5 Å². The van der Waals surface area contributed by atoms with Crippen LogP contribution in [0.4, 0.5) is 0 Å². The molecule has 2 aliphatic rings. The molecule has 0 aromatic heterocycles. The van der Waals surface area contributed by atoms with Crippen LogP contribution in [-0.2, 0) is 17.8 Å². The monoisotopic (exact) mass is 453 g/mol. The minimum atomic E-state index is -0.291. The van der Waals surface area contributed by atoms with Crippen molar-refractivity contribution in [3.05, 3.63) is 107 Å². The second kappa shape index (κ2) is 9.82. The lowest BCUT2D eigenvalue weighted by molar-refractivity contribution is -0.135. The minimum Gasteiger partial charge on any atom is -0.337 e. The molecule has 2 unspecified atom stereocenters. The maximum Gasteiger partial charge on any atom is 0.255 e. The van der Waals surface area contributed by atoms with Gasteiger partial charge in [0.1, 0.15) is 0 Å². The number of fused-ring (bicyclic) bond motifs is 1. The van der Waals surface area contributed by atoms with Crippen LogP contribution in [-0.4, -0.2) is 47.3 Å². The maximum atomic E-state index is 13.7. The summed E-state index contributed by atoms with van der Waals surface area (Å²) in [6, 6.07) is 26.2. The lowest BCUT2D eigenvalue weighted by atomic mass is 9.98. The Hall–Kier alpha value is -3.44. The molecule has 2 amide bonds. The van der Waals surface area contributed by atoms with Gasteiger partial charge in [-0.1, -0.05) is 78.4 Å². The van der Waals surface area contributed by atoms with Crippen molar-refractivity contribution >= 4 is 11.8 Å². The van der Waals surface area contributed by atoms with Gasteiger partial charge in [0, 0.05) is 37.8 Å². The van der Waals surface area contributed by atoms with E-state index in [0.29, 0.717) is 13.1 Å². The molecule has 0 spiro atoms. The number of carbonyl (C=O) groups excluding carboxylic acids is 2. The van der Waals surface area contributed by atoms with Crippen molar-refractivity contribution in [3.63, 3.8) is 0 Å². The minimum absolute atomic E-state index is 0.00937. The number of aryl methyl sites for hydroxylation is 1. The zero-order valence-electron chi connectivity index (χ0n) is 19.6. The predicted octanol–water partition coefficient (Wildman–Crippen LogP) is 4.13. The van der Waals surface area contributed by atoms with Crippen molar-refractivity contribution in [3.8, 4) is 0 Å². The van der Waals surface area contributed by atoms with Gasteiger partial charge >= 0.3 is 0 Å². The van der Waals surface area contributed by atoms with E-state index in [2.05, 4.69) is 48.6 Å². The fourth-order valence-corrected chi connectivity index (χ4v) is 5.17. The molecule has 1 N–H and O–H groups in total. The standard InChI is InChI=1S/C29H31N3O2/c1-21-11-13-23(14-12-21)27(32-20-24-9-5-6-10-26(24)29(32)34)18-28(33)31-16-15-30-19-25(31)17-22-7-3-2-4-8-22/h2-14,25,27,30H,15-20H2,1H3. The van der Waals surface area contributed by atoms with E-state index in [9.17, 15) is 9.59 Å². The van der Waals surface area contributed by atoms with Crippen LogP contribution >= 0.6 is 0 Å². The van der Waals surface area contributed by atoms with Gasteiger partial charge in [0.25, 0.3) is 5.91 Å². The SMILES string of the molecule is Cc1ccc(C(CC(=O)N2CCNCC2Cc2ccccc2)N2Cc3ccccc3C2=O)cc1. The maximum absolute atomic E-state index is 13.7. The number of carbonyl (C=O) groups is 2. The van der Waals surface area contributed by atoms with E-state index in [4.69, 9.17) is 0 Å². The number of amides is 2. The summed E-state index contributed by atoms with van der Waals surface area (Å²) in [5.41, 5.74) is 5.18. The van der Waals surface area contributed by atoms with Gasteiger partial charge < -0.3 is 15.1 Å². The van der Waals surface area contributed by atoms with Crippen LogP contribution in [0.2, 0.25) is 0 Å². The van der Waals surface area contributed by atoms with Gasteiger partial charge in [-0.25, -0.2) is 0 Å². The average Bonchev–Trinajstić information content (AvgIpc) is 3.20. The highest BCUT2D eigenvalue weighted by atomic mass is 16.2. The van der Waals surface area contributed by atoms with Gasteiger partial charge in [-0.15, -0.1) is 0 Å². The Morgan fingerprint density at radius 3 is 2.50 bits per heavy atom. The lowest BCUT2D eigenvalue weighted by Crippen LogP contribution is -2.55. The Bertz CT molecular complexity index is 1160. The third-order valence-electron chi connectivity index (χ3n) is 7.04. The molecule has 2 heterocycles. The van der Waals surface area contributed by atoms with Gasteiger partial charge in [-0.05, 0) is 36.1 Å². The summed E-state index contributed by atoms with van der Waals surface area (Å²) in [4.78, 5) is 31.0. The van der Waals surface area contributed by atoms with Crippen LogP contribution in [0.1, 0.15) is 45.1 Å². The summed E-state index contributed by atoms with van der Waals surface area (Å²) < 4.78 is 0. The molecule has 3 aromatic rings. The van der Waals surface area contributed by atoms with Crippen molar-refractivity contribution in [2.45, 2.75) is 38.4 Å². The molecule has 5 heteroatoms. The highest BCUT2D eigenvalue weighted by Gasteiger charge is 2.36. The highest BCUT2D eigenvalue weighted by molar-refractivity contribution is 5.98. The van der Waals surface area contributed by atoms with Crippen molar-refractivity contribution in [2.75, 3.05) is 19.6 Å². The Kier molecular flexibility index (Phi) is 6.45. The second-order valence-electron chi connectivity index (χ2n) is 9.36. The van der Waals surface area contributed by atoms with Crippen molar-refractivity contribution < 1.29 is 9.59 Å². The smallest absolute Gasteiger partial charge is 0.255 e. The summed E-state index contributed by atoms with van der Waals surface area (Å²) in [7, 11) is 0. The number of nitrogens with zero attached hydrogens (tertiary/aromatic N) is 2. The fraction of sp³-hybridized carbons (Fsp3) is 0.310. The Morgan fingerprint density at radius 2 is 1.74 bits per heavy atom. The quantitative estimate of drug-likeness (QED) is 0.611. The third kappa shape index (κ3) is 4.62. The molecule has 0 radical (unpaired) electrons. The first-order chi connectivity index (χ1) is 16.6. The molecule has 2 atom stereocenters. The number of nitrogens with one attached hydrogen (secondary N) is 1. The van der Waals surface area contributed by atoms with Crippen LogP contribution in [0.15, 0.2) is 78.9 Å². The zero-order valence-corrected chi connectivity index (χ0v) is 19.6. The van der Waals surface area contributed by atoms with E-state index < -0.39 is 0 Å². The summed E-state index contributed by atoms with van der Waals surface area (Å²) >= 11 is 0. The summed E-state index contributed by atoms with van der Waals surface area (Å²) in [6.07, 6.45) is 1.11. The summed E-state index contributed by atoms with van der Waals surface area (Å²) in [5.74, 6) is 0.117. The summed E-state index contributed by atoms with van der Waals surface area (Å²) in [6.45, 7) is 4.85. The first-order valence-corrected chi connectivity index (χ1v) is 12.1. The molecule has 5 nitrogen and oxygen atoms in total. The number of hydrogen-bond donors (Lipinski definition) is 1. The predicted molar refractivity (Wildman–Crippen MR) is 133 cm³/mol. The van der Waals surface area contributed by atoms with E-state index in [-0.39, 0.29) is 30.3 Å². The first-order valence-electron chi connectivity index (χ1n) is 12.1. The molecule has 0 aliphatic carbocycles. The zero-order chi connectivity index (χ0) is 23.5. The van der Waals surface area contributed by atoms with Crippen LogP contribution in [0.3, 0.4) is 0 Å².